The quantitative estimate of drug-likeness (QED) is 0.763. The van der Waals surface area contributed by atoms with Crippen molar-refractivity contribution in [2.45, 2.75) is 33.3 Å². The molecular formula is C15H20O4. The molecule has 1 aliphatic carbocycles. The Hall–Kier alpha value is -1.23. The van der Waals surface area contributed by atoms with Gasteiger partial charge in [0.25, 0.3) is 0 Å². The van der Waals surface area contributed by atoms with Crippen LogP contribution >= 0.6 is 0 Å². The second kappa shape index (κ2) is 4.71. The fraction of sp³-hybridized carbons (Fsp3) is 0.533. The van der Waals surface area contributed by atoms with E-state index >= 15 is 0 Å². The molecule has 4 nitrogen and oxygen atoms in total. The maximum atomic E-state index is 12.5. The predicted octanol–water partition coefficient (Wildman–Crippen LogP) is 1.07. The van der Waals surface area contributed by atoms with E-state index in [1.165, 1.54) is 0 Å². The summed E-state index contributed by atoms with van der Waals surface area (Å²) in [7, 11) is 0. The van der Waals surface area contributed by atoms with Crippen LogP contribution in [0.15, 0.2) is 6.07 Å². The van der Waals surface area contributed by atoms with Crippen molar-refractivity contribution in [3.63, 3.8) is 0 Å². The number of aliphatic hydroxyl groups excluding tert-OH is 3. The molecule has 0 unspecified atom stereocenters. The molecule has 0 amide bonds. The van der Waals surface area contributed by atoms with Crippen LogP contribution < -0.4 is 0 Å². The Morgan fingerprint density at radius 3 is 2.47 bits per heavy atom. The number of aryl methyl sites for hydroxylation is 1. The van der Waals surface area contributed by atoms with Crippen LogP contribution in [0, 0.1) is 19.3 Å². The molecule has 104 valence electrons. The molecule has 2 atom stereocenters. The van der Waals surface area contributed by atoms with Gasteiger partial charge in [0.05, 0.1) is 18.1 Å². The summed E-state index contributed by atoms with van der Waals surface area (Å²) in [5.41, 5.74) is 2.67. The zero-order chi connectivity index (χ0) is 14.4. The van der Waals surface area contributed by atoms with Crippen LogP contribution in [0.2, 0.25) is 0 Å². The summed E-state index contributed by atoms with van der Waals surface area (Å²) in [6, 6.07) is 1.80. The van der Waals surface area contributed by atoms with Crippen LogP contribution in [-0.4, -0.2) is 34.3 Å². The summed E-state index contributed by atoms with van der Waals surface area (Å²) in [6.07, 6.45) is -0.481. The Morgan fingerprint density at radius 1 is 1.32 bits per heavy atom. The predicted molar refractivity (Wildman–Crippen MR) is 71.2 cm³/mol. The number of ketones is 1. The number of carbonyl (C=O) groups excluding carboxylic acids is 1. The summed E-state index contributed by atoms with van der Waals surface area (Å²) in [6.45, 7) is 4.97. The third-order valence-electron chi connectivity index (χ3n) is 4.30. The zero-order valence-electron chi connectivity index (χ0n) is 11.5. The first-order chi connectivity index (χ1) is 8.88. The number of fused-ring (bicyclic) bond motifs is 1. The van der Waals surface area contributed by atoms with Crippen molar-refractivity contribution >= 4 is 5.78 Å². The molecule has 3 N–H and O–H groups in total. The monoisotopic (exact) mass is 264 g/mol. The Kier molecular flexibility index (Phi) is 3.51. The molecule has 0 fully saturated rings. The number of carbonyl (C=O) groups is 1. The highest BCUT2D eigenvalue weighted by atomic mass is 16.3. The Bertz CT molecular complexity index is 535. The molecule has 0 radical (unpaired) electrons. The van der Waals surface area contributed by atoms with Gasteiger partial charge >= 0.3 is 0 Å². The molecule has 4 heteroatoms. The van der Waals surface area contributed by atoms with Crippen molar-refractivity contribution in [1.82, 2.24) is 0 Å². The van der Waals surface area contributed by atoms with E-state index in [0.717, 1.165) is 16.7 Å². The molecule has 0 saturated carbocycles. The molecule has 0 spiro atoms. The van der Waals surface area contributed by atoms with Crippen LogP contribution in [-0.2, 0) is 6.42 Å². The first-order valence-corrected chi connectivity index (χ1v) is 6.46. The first-order valence-electron chi connectivity index (χ1n) is 6.46. The Balaban J connectivity index is 2.67. The lowest BCUT2D eigenvalue weighted by molar-refractivity contribution is 0.0129. The van der Waals surface area contributed by atoms with Gasteiger partial charge in [-0.05, 0) is 49.4 Å². The van der Waals surface area contributed by atoms with E-state index in [4.69, 9.17) is 5.11 Å². The van der Waals surface area contributed by atoms with Crippen LogP contribution in [0.3, 0.4) is 0 Å². The molecule has 19 heavy (non-hydrogen) atoms. The van der Waals surface area contributed by atoms with Crippen molar-refractivity contribution in [3.05, 3.63) is 33.9 Å². The van der Waals surface area contributed by atoms with Gasteiger partial charge in [-0.1, -0.05) is 6.07 Å². The largest absolute Gasteiger partial charge is 0.396 e. The van der Waals surface area contributed by atoms with E-state index < -0.39 is 11.5 Å². The molecule has 0 bridgehead atoms. The smallest absolute Gasteiger partial charge is 0.174 e. The number of aliphatic hydroxyl groups is 3. The van der Waals surface area contributed by atoms with Crippen LogP contribution in [0.1, 0.15) is 45.6 Å². The maximum absolute atomic E-state index is 12.5. The number of Topliss-reactive ketones (excluding diaryl/α,β-unsaturated/α-hetero) is 1. The van der Waals surface area contributed by atoms with Crippen LogP contribution in [0.25, 0.3) is 0 Å². The molecule has 1 aromatic carbocycles. The SMILES string of the molecule is Cc1cc2c(c(C)c1CCO)C(=O)[C@](C)(CO)[C@@H]2O. The van der Waals surface area contributed by atoms with Crippen molar-refractivity contribution in [2.24, 2.45) is 5.41 Å². The topological polar surface area (TPSA) is 77.8 Å². The van der Waals surface area contributed by atoms with E-state index in [9.17, 15) is 15.0 Å². The molecule has 0 aromatic heterocycles. The van der Waals surface area contributed by atoms with Gasteiger partial charge in [-0.2, -0.15) is 0 Å². The van der Waals surface area contributed by atoms with Gasteiger partial charge in [0.1, 0.15) is 0 Å². The van der Waals surface area contributed by atoms with Crippen molar-refractivity contribution in [1.29, 1.82) is 0 Å². The minimum atomic E-state index is -1.16. The number of benzene rings is 1. The van der Waals surface area contributed by atoms with Gasteiger partial charge in [-0.25, -0.2) is 0 Å². The molecule has 1 aromatic rings. The lowest BCUT2D eigenvalue weighted by Gasteiger charge is -2.23. The van der Waals surface area contributed by atoms with Gasteiger partial charge in [-0.15, -0.1) is 0 Å². The van der Waals surface area contributed by atoms with E-state index in [0.29, 0.717) is 17.5 Å². The highest BCUT2D eigenvalue weighted by Gasteiger charge is 2.49. The third-order valence-corrected chi connectivity index (χ3v) is 4.30. The van der Waals surface area contributed by atoms with Crippen molar-refractivity contribution in [2.75, 3.05) is 13.2 Å². The van der Waals surface area contributed by atoms with E-state index in [1.54, 1.807) is 13.0 Å². The summed E-state index contributed by atoms with van der Waals surface area (Å²) in [5.74, 6) is -0.214. The summed E-state index contributed by atoms with van der Waals surface area (Å²) in [4.78, 5) is 12.5. The summed E-state index contributed by atoms with van der Waals surface area (Å²) >= 11 is 0. The van der Waals surface area contributed by atoms with E-state index in [-0.39, 0.29) is 19.0 Å². The number of hydrogen-bond donors (Lipinski definition) is 3. The zero-order valence-corrected chi connectivity index (χ0v) is 11.5. The standard InChI is InChI=1S/C15H20O4/c1-8-6-11-12(9(2)10(8)4-5-16)14(19)15(3,7-17)13(11)18/h6,13,16-18H,4-5,7H2,1-3H3/t13-,15-/m1/s1. The second-order valence-corrected chi connectivity index (χ2v) is 5.54. The van der Waals surface area contributed by atoms with Gasteiger partial charge in [-0.3, -0.25) is 4.79 Å². The average molecular weight is 264 g/mol. The van der Waals surface area contributed by atoms with Gasteiger partial charge in [0.15, 0.2) is 5.78 Å². The van der Waals surface area contributed by atoms with Gasteiger partial charge < -0.3 is 15.3 Å². The average Bonchev–Trinajstić information content (AvgIpc) is 2.57. The molecule has 0 aliphatic heterocycles. The molecule has 0 saturated heterocycles. The third kappa shape index (κ3) is 1.83. The van der Waals surface area contributed by atoms with Gasteiger partial charge in [0, 0.05) is 12.2 Å². The van der Waals surface area contributed by atoms with Gasteiger partial charge in [0.2, 0.25) is 0 Å². The minimum Gasteiger partial charge on any atom is -0.396 e. The normalized spacial score (nSPS) is 25.8. The Morgan fingerprint density at radius 2 is 1.95 bits per heavy atom. The highest BCUT2D eigenvalue weighted by Crippen LogP contribution is 2.47. The van der Waals surface area contributed by atoms with Crippen molar-refractivity contribution in [3.8, 4) is 0 Å². The van der Waals surface area contributed by atoms with Crippen LogP contribution in [0.4, 0.5) is 0 Å². The fourth-order valence-corrected chi connectivity index (χ4v) is 2.98. The fourth-order valence-electron chi connectivity index (χ4n) is 2.98. The first kappa shape index (κ1) is 14.2. The lowest BCUT2D eigenvalue weighted by Crippen LogP contribution is -2.32. The Labute approximate surface area is 112 Å². The molecule has 0 heterocycles. The number of rotatable bonds is 3. The maximum Gasteiger partial charge on any atom is 0.174 e. The molecular weight excluding hydrogens is 244 g/mol. The molecule has 2 rings (SSSR count). The van der Waals surface area contributed by atoms with E-state index in [2.05, 4.69) is 0 Å². The highest BCUT2D eigenvalue weighted by molar-refractivity contribution is 6.07. The minimum absolute atomic E-state index is 0.0223. The summed E-state index contributed by atoms with van der Waals surface area (Å²) in [5, 5.41) is 28.9. The van der Waals surface area contributed by atoms with E-state index in [1.807, 2.05) is 13.8 Å². The number of hydrogen-bond acceptors (Lipinski definition) is 4. The molecule has 1 aliphatic rings. The van der Waals surface area contributed by atoms with Crippen LogP contribution in [0.5, 0.6) is 0 Å². The second-order valence-electron chi connectivity index (χ2n) is 5.54. The summed E-state index contributed by atoms with van der Waals surface area (Å²) < 4.78 is 0. The lowest BCUT2D eigenvalue weighted by atomic mass is 9.84. The van der Waals surface area contributed by atoms with Crippen molar-refractivity contribution < 1.29 is 20.1 Å².